The molecular formula is C10H20N2O3. The van der Waals surface area contributed by atoms with Crippen molar-refractivity contribution >= 4 is 5.91 Å². The van der Waals surface area contributed by atoms with E-state index in [0.29, 0.717) is 19.8 Å². The number of amides is 1. The molecule has 0 aromatic heterocycles. The molecule has 5 nitrogen and oxygen atoms in total. The van der Waals surface area contributed by atoms with Crippen LogP contribution in [0, 0.1) is 0 Å². The summed E-state index contributed by atoms with van der Waals surface area (Å²) in [5, 5.41) is 6.03. The number of rotatable bonds is 5. The van der Waals surface area contributed by atoms with Gasteiger partial charge in [0.25, 0.3) is 5.91 Å². The molecule has 1 fully saturated rings. The zero-order valence-corrected chi connectivity index (χ0v) is 9.41. The van der Waals surface area contributed by atoms with Crippen molar-refractivity contribution in [3.8, 4) is 0 Å². The van der Waals surface area contributed by atoms with Gasteiger partial charge in [0.15, 0.2) is 0 Å². The van der Waals surface area contributed by atoms with E-state index in [1.807, 2.05) is 6.92 Å². The van der Waals surface area contributed by atoms with Crippen molar-refractivity contribution in [2.24, 2.45) is 0 Å². The molecule has 2 N–H and O–H groups in total. The highest BCUT2D eigenvalue weighted by molar-refractivity contribution is 5.81. The second kappa shape index (κ2) is 6.76. The molecule has 0 aromatic rings. The molecule has 88 valence electrons. The fourth-order valence-electron chi connectivity index (χ4n) is 1.49. The van der Waals surface area contributed by atoms with Crippen LogP contribution in [0.15, 0.2) is 0 Å². The van der Waals surface area contributed by atoms with Crippen molar-refractivity contribution in [2.45, 2.75) is 25.5 Å². The van der Waals surface area contributed by atoms with E-state index >= 15 is 0 Å². The first-order valence-electron chi connectivity index (χ1n) is 5.39. The van der Waals surface area contributed by atoms with Crippen LogP contribution in [0.4, 0.5) is 0 Å². The lowest BCUT2D eigenvalue weighted by atomic mass is 10.2. The number of hydrogen-bond donors (Lipinski definition) is 2. The first-order chi connectivity index (χ1) is 7.27. The van der Waals surface area contributed by atoms with Crippen molar-refractivity contribution in [1.82, 2.24) is 10.6 Å². The van der Waals surface area contributed by atoms with Crippen LogP contribution in [0.25, 0.3) is 0 Å². The van der Waals surface area contributed by atoms with Crippen LogP contribution in [-0.4, -0.2) is 51.5 Å². The van der Waals surface area contributed by atoms with E-state index in [2.05, 4.69) is 10.6 Å². The topological polar surface area (TPSA) is 59.6 Å². The quantitative estimate of drug-likeness (QED) is 0.651. The fourth-order valence-corrected chi connectivity index (χ4v) is 1.49. The first kappa shape index (κ1) is 12.4. The van der Waals surface area contributed by atoms with Crippen LogP contribution >= 0.6 is 0 Å². The Bertz CT molecular complexity index is 193. The summed E-state index contributed by atoms with van der Waals surface area (Å²) < 4.78 is 10.4. The molecule has 1 amide bonds. The predicted octanol–water partition coefficient (Wildman–Crippen LogP) is -0.484. The molecule has 0 aromatic carbocycles. The van der Waals surface area contributed by atoms with Gasteiger partial charge in [-0.15, -0.1) is 0 Å². The maximum atomic E-state index is 11.7. The van der Waals surface area contributed by atoms with E-state index in [9.17, 15) is 4.79 Å². The number of nitrogens with one attached hydrogen (secondary N) is 2. The van der Waals surface area contributed by atoms with E-state index in [1.54, 1.807) is 7.11 Å². The van der Waals surface area contributed by atoms with Crippen molar-refractivity contribution in [2.75, 3.05) is 33.4 Å². The summed E-state index contributed by atoms with van der Waals surface area (Å²) in [5.41, 5.74) is 0. The SMILES string of the molecule is CCC(COC)NC(=O)C1CNCCO1. The second-order valence-corrected chi connectivity index (χ2v) is 3.63. The molecule has 5 heteroatoms. The third kappa shape index (κ3) is 4.15. The van der Waals surface area contributed by atoms with Crippen LogP contribution in [0.5, 0.6) is 0 Å². The lowest BCUT2D eigenvalue weighted by molar-refractivity contribution is -0.135. The van der Waals surface area contributed by atoms with E-state index in [0.717, 1.165) is 13.0 Å². The van der Waals surface area contributed by atoms with Gasteiger partial charge in [0.05, 0.1) is 19.3 Å². The van der Waals surface area contributed by atoms with Gasteiger partial charge in [0.1, 0.15) is 6.10 Å². The van der Waals surface area contributed by atoms with Crippen LogP contribution < -0.4 is 10.6 Å². The number of morpholine rings is 1. The highest BCUT2D eigenvalue weighted by Gasteiger charge is 2.23. The van der Waals surface area contributed by atoms with Gasteiger partial charge in [-0.05, 0) is 6.42 Å². The Labute approximate surface area is 90.5 Å². The number of ether oxygens (including phenoxy) is 2. The first-order valence-corrected chi connectivity index (χ1v) is 5.39. The smallest absolute Gasteiger partial charge is 0.250 e. The summed E-state index contributed by atoms with van der Waals surface area (Å²) in [4.78, 5) is 11.7. The third-order valence-electron chi connectivity index (χ3n) is 2.43. The number of carbonyl (C=O) groups is 1. The van der Waals surface area contributed by atoms with E-state index in [4.69, 9.17) is 9.47 Å². The Balaban J connectivity index is 2.31. The summed E-state index contributed by atoms with van der Waals surface area (Å²) >= 11 is 0. The minimum Gasteiger partial charge on any atom is -0.383 e. The molecule has 0 saturated carbocycles. The maximum absolute atomic E-state index is 11.7. The second-order valence-electron chi connectivity index (χ2n) is 3.63. The monoisotopic (exact) mass is 216 g/mol. The van der Waals surface area contributed by atoms with Crippen LogP contribution in [0.1, 0.15) is 13.3 Å². The van der Waals surface area contributed by atoms with Gasteiger partial charge >= 0.3 is 0 Å². The average Bonchev–Trinajstić information content (AvgIpc) is 2.29. The molecule has 2 unspecified atom stereocenters. The lowest BCUT2D eigenvalue weighted by Crippen LogP contribution is -2.51. The molecule has 0 aliphatic carbocycles. The highest BCUT2D eigenvalue weighted by atomic mass is 16.5. The van der Waals surface area contributed by atoms with Crippen molar-refractivity contribution in [3.63, 3.8) is 0 Å². The minimum absolute atomic E-state index is 0.0499. The zero-order valence-electron chi connectivity index (χ0n) is 9.41. The van der Waals surface area contributed by atoms with Gasteiger partial charge in [-0.1, -0.05) is 6.92 Å². The summed E-state index contributed by atoms with van der Waals surface area (Å²) in [6, 6.07) is 0.0769. The Hall–Kier alpha value is -0.650. The Morgan fingerprint density at radius 1 is 1.73 bits per heavy atom. The Kier molecular flexibility index (Phi) is 5.60. The van der Waals surface area contributed by atoms with E-state index in [-0.39, 0.29) is 18.1 Å². The predicted molar refractivity (Wildman–Crippen MR) is 56.7 cm³/mol. The molecular weight excluding hydrogens is 196 g/mol. The standard InChI is InChI=1S/C10H20N2O3/c1-3-8(7-14-2)12-10(13)9-6-11-4-5-15-9/h8-9,11H,3-7H2,1-2H3,(H,12,13). The van der Waals surface area contributed by atoms with Crippen molar-refractivity contribution in [3.05, 3.63) is 0 Å². The lowest BCUT2D eigenvalue weighted by Gasteiger charge is -2.25. The molecule has 2 atom stereocenters. The Morgan fingerprint density at radius 2 is 2.53 bits per heavy atom. The molecule has 1 aliphatic heterocycles. The van der Waals surface area contributed by atoms with Crippen LogP contribution in [0.3, 0.4) is 0 Å². The number of methoxy groups -OCH3 is 1. The van der Waals surface area contributed by atoms with Gasteiger partial charge < -0.3 is 20.1 Å². The highest BCUT2D eigenvalue weighted by Crippen LogP contribution is 1.98. The fraction of sp³-hybridized carbons (Fsp3) is 0.900. The van der Waals surface area contributed by atoms with Gasteiger partial charge in [-0.3, -0.25) is 4.79 Å². The zero-order chi connectivity index (χ0) is 11.1. The van der Waals surface area contributed by atoms with Crippen LogP contribution in [-0.2, 0) is 14.3 Å². The maximum Gasteiger partial charge on any atom is 0.250 e. The van der Waals surface area contributed by atoms with Gasteiger partial charge in [-0.25, -0.2) is 0 Å². The molecule has 0 radical (unpaired) electrons. The third-order valence-corrected chi connectivity index (χ3v) is 2.43. The van der Waals surface area contributed by atoms with Gasteiger partial charge in [0.2, 0.25) is 0 Å². The molecule has 15 heavy (non-hydrogen) atoms. The van der Waals surface area contributed by atoms with E-state index in [1.165, 1.54) is 0 Å². The van der Waals surface area contributed by atoms with Crippen molar-refractivity contribution in [1.29, 1.82) is 0 Å². The summed E-state index contributed by atoms with van der Waals surface area (Å²) in [7, 11) is 1.63. The largest absolute Gasteiger partial charge is 0.383 e. The molecule has 1 rings (SSSR count). The molecule has 0 spiro atoms. The van der Waals surface area contributed by atoms with E-state index < -0.39 is 0 Å². The number of hydrogen-bond acceptors (Lipinski definition) is 4. The van der Waals surface area contributed by atoms with Gasteiger partial charge in [-0.2, -0.15) is 0 Å². The Morgan fingerprint density at radius 3 is 3.07 bits per heavy atom. The molecule has 1 heterocycles. The molecule has 0 bridgehead atoms. The van der Waals surface area contributed by atoms with Crippen molar-refractivity contribution < 1.29 is 14.3 Å². The average molecular weight is 216 g/mol. The molecule has 1 aliphatic rings. The van der Waals surface area contributed by atoms with Crippen LogP contribution in [0.2, 0.25) is 0 Å². The summed E-state index contributed by atoms with van der Waals surface area (Å²) in [6.45, 7) is 4.57. The molecule has 1 saturated heterocycles. The minimum atomic E-state index is -0.357. The number of carbonyl (C=O) groups excluding carboxylic acids is 1. The summed E-state index contributed by atoms with van der Waals surface area (Å²) in [5.74, 6) is -0.0499. The normalized spacial score (nSPS) is 23.5. The summed E-state index contributed by atoms with van der Waals surface area (Å²) in [6.07, 6.45) is 0.504. The van der Waals surface area contributed by atoms with Gasteiger partial charge in [0, 0.05) is 20.2 Å².